The molecular formula is C10H17BrF3NO. The maximum atomic E-state index is 12.2. The molecule has 0 heterocycles. The molecule has 0 rings (SSSR count). The lowest BCUT2D eigenvalue weighted by Crippen LogP contribution is -2.44. The summed E-state index contributed by atoms with van der Waals surface area (Å²) in [5.41, 5.74) is 0. The number of amides is 1. The van der Waals surface area contributed by atoms with E-state index in [0.29, 0.717) is 6.42 Å². The van der Waals surface area contributed by atoms with Gasteiger partial charge in [0.05, 0.1) is 4.83 Å². The molecule has 0 aliphatic carbocycles. The lowest BCUT2D eigenvalue weighted by atomic mass is 10.1. The Morgan fingerprint density at radius 1 is 1.38 bits per heavy atom. The van der Waals surface area contributed by atoms with Crippen LogP contribution < -0.4 is 0 Å². The van der Waals surface area contributed by atoms with Crippen molar-refractivity contribution in [3.8, 4) is 0 Å². The van der Waals surface area contributed by atoms with E-state index in [9.17, 15) is 18.0 Å². The summed E-state index contributed by atoms with van der Waals surface area (Å²) in [6.07, 6.45) is -3.83. The molecule has 16 heavy (non-hydrogen) atoms. The predicted molar refractivity (Wildman–Crippen MR) is 60.5 cm³/mol. The minimum atomic E-state index is -4.34. The number of carbonyl (C=O) groups is 1. The Bertz CT molecular complexity index is 231. The highest BCUT2D eigenvalue weighted by Crippen LogP contribution is 2.21. The van der Waals surface area contributed by atoms with Gasteiger partial charge in [-0.05, 0) is 12.3 Å². The van der Waals surface area contributed by atoms with Crippen molar-refractivity contribution in [1.29, 1.82) is 0 Å². The summed E-state index contributed by atoms with van der Waals surface area (Å²) in [5, 5.41) is 0. The van der Waals surface area contributed by atoms with Gasteiger partial charge in [-0.1, -0.05) is 36.7 Å². The van der Waals surface area contributed by atoms with Crippen molar-refractivity contribution in [3.63, 3.8) is 0 Å². The first kappa shape index (κ1) is 15.7. The first-order valence-corrected chi connectivity index (χ1v) is 6.10. The van der Waals surface area contributed by atoms with E-state index < -0.39 is 23.5 Å². The monoisotopic (exact) mass is 303 g/mol. The molecule has 0 bridgehead atoms. The van der Waals surface area contributed by atoms with Crippen molar-refractivity contribution < 1.29 is 18.0 Å². The molecule has 0 saturated heterocycles. The zero-order chi connectivity index (χ0) is 12.9. The lowest BCUT2D eigenvalue weighted by molar-refractivity contribution is -0.161. The van der Waals surface area contributed by atoms with E-state index in [1.165, 1.54) is 0 Å². The van der Waals surface area contributed by atoms with E-state index in [1.54, 1.807) is 20.8 Å². The molecule has 0 aromatic rings. The molecule has 0 radical (unpaired) electrons. The van der Waals surface area contributed by atoms with Crippen LogP contribution in [0.2, 0.25) is 0 Å². The second kappa shape index (κ2) is 6.47. The van der Waals surface area contributed by atoms with E-state index in [4.69, 9.17) is 0 Å². The Morgan fingerprint density at radius 3 is 2.19 bits per heavy atom. The van der Waals surface area contributed by atoms with Crippen molar-refractivity contribution in [1.82, 2.24) is 4.90 Å². The molecular weight excluding hydrogens is 287 g/mol. The summed E-state index contributed by atoms with van der Waals surface area (Å²) in [4.78, 5) is 12.0. The van der Waals surface area contributed by atoms with Gasteiger partial charge in [0.25, 0.3) is 0 Å². The van der Waals surface area contributed by atoms with Crippen LogP contribution in [0.15, 0.2) is 0 Å². The number of hydrogen-bond donors (Lipinski definition) is 0. The second-order valence-corrected chi connectivity index (χ2v) is 5.01. The zero-order valence-corrected chi connectivity index (χ0v) is 11.2. The summed E-state index contributed by atoms with van der Waals surface area (Å²) >= 11 is 3.13. The molecule has 6 heteroatoms. The number of rotatable bonds is 5. The van der Waals surface area contributed by atoms with Gasteiger partial charge in [-0.2, -0.15) is 13.2 Å². The third kappa shape index (κ3) is 5.72. The van der Waals surface area contributed by atoms with Crippen LogP contribution >= 0.6 is 15.9 Å². The van der Waals surface area contributed by atoms with Crippen LogP contribution in [-0.2, 0) is 4.79 Å². The highest BCUT2D eigenvalue weighted by Gasteiger charge is 2.34. The minimum Gasteiger partial charge on any atom is -0.333 e. The fraction of sp³-hybridized carbons (Fsp3) is 0.900. The fourth-order valence-electron chi connectivity index (χ4n) is 1.21. The summed E-state index contributed by atoms with van der Waals surface area (Å²) in [6, 6.07) is 0. The minimum absolute atomic E-state index is 0.0277. The summed E-state index contributed by atoms with van der Waals surface area (Å²) in [5.74, 6) is -0.519. The quantitative estimate of drug-likeness (QED) is 0.714. The summed E-state index contributed by atoms with van der Waals surface area (Å²) < 4.78 is 36.7. The van der Waals surface area contributed by atoms with Crippen LogP contribution in [0.25, 0.3) is 0 Å². The van der Waals surface area contributed by atoms with E-state index >= 15 is 0 Å². The van der Waals surface area contributed by atoms with Gasteiger partial charge in [0, 0.05) is 6.54 Å². The van der Waals surface area contributed by atoms with Crippen molar-refractivity contribution in [3.05, 3.63) is 0 Å². The van der Waals surface area contributed by atoms with E-state index in [2.05, 4.69) is 15.9 Å². The number of carbonyl (C=O) groups excluding carboxylic acids is 1. The Kier molecular flexibility index (Phi) is 6.36. The molecule has 0 aromatic heterocycles. The average molecular weight is 304 g/mol. The third-order valence-electron chi connectivity index (χ3n) is 2.00. The molecule has 1 atom stereocenters. The molecule has 0 fully saturated rings. The van der Waals surface area contributed by atoms with Crippen LogP contribution in [0, 0.1) is 5.92 Å². The highest BCUT2D eigenvalue weighted by atomic mass is 79.9. The van der Waals surface area contributed by atoms with E-state index in [-0.39, 0.29) is 12.5 Å². The van der Waals surface area contributed by atoms with Crippen LogP contribution in [-0.4, -0.2) is 34.9 Å². The van der Waals surface area contributed by atoms with Crippen LogP contribution in [0.3, 0.4) is 0 Å². The van der Waals surface area contributed by atoms with Gasteiger partial charge < -0.3 is 4.90 Å². The molecule has 0 aliphatic heterocycles. The van der Waals surface area contributed by atoms with Gasteiger partial charge in [0.2, 0.25) is 5.91 Å². The zero-order valence-electron chi connectivity index (χ0n) is 9.64. The van der Waals surface area contributed by atoms with Gasteiger partial charge >= 0.3 is 6.18 Å². The number of hydrogen-bond acceptors (Lipinski definition) is 1. The van der Waals surface area contributed by atoms with Crippen molar-refractivity contribution in [2.24, 2.45) is 5.92 Å². The smallest absolute Gasteiger partial charge is 0.333 e. The van der Waals surface area contributed by atoms with E-state index in [0.717, 1.165) is 4.90 Å². The largest absolute Gasteiger partial charge is 0.406 e. The normalized spacial score (nSPS) is 14.0. The molecule has 0 spiro atoms. The SMILES string of the molecule is CCCN(CC(F)(F)F)C(=O)C(Br)C(C)C. The Labute approximate surface area is 102 Å². The first-order chi connectivity index (χ1) is 7.19. The van der Waals surface area contributed by atoms with Gasteiger partial charge in [0.15, 0.2) is 0 Å². The lowest BCUT2D eigenvalue weighted by Gasteiger charge is -2.27. The van der Waals surface area contributed by atoms with Gasteiger partial charge in [-0.3, -0.25) is 4.79 Å². The Morgan fingerprint density at radius 2 is 1.88 bits per heavy atom. The first-order valence-electron chi connectivity index (χ1n) is 5.18. The maximum absolute atomic E-state index is 12.2. The van der Waals surface area contributed by atoms with Crippen molar-refractivity contribution in [2.75, 3.05) is 13.1 Å². The van der Waals surface area contributed by atoms with Crippen molar-refractivity contribution in [2.45, 2.75) is 38.2 Å². The number of nitrogens with zero attached hydrogens (tertiary/aromatic N) is 1. The van der Waals surface area contributed by atoms with Crippen LogP contribution in [0.5, 0.6) is 0 Å². The third-order valence-corrected chi connectivity index (χ3v) is 3.45. The topological polar surface area (TPSA) is 20.3 Å². The fourth-order valence-corrected chi connectivity index (χ4v) is 1.50. The Balaban J connectivity index is 4.59. The molecule has 0 N–H and O–H groups in total. The standard InChI is InChI=1S/C10H17BrF3NO/c1-4-5-15(6-10(12,13)14)9(16)8(11)7(2)3/h7-8H,4-6H2,1-3H3. The predicted octanol–water partition coefficient (Wildman–Crippen LogP) is 3.21. The molecule has 0 aromatic carbocycles. The Hall–Kier alpha value is -0.260. The molecule has 2 nitrogen and oxygen atoms in total. The average Bonchev–Trinajstić information content (AvgIpc) is 2.12. The maximum Gasteiger partial charge on any atom is 0.406 e. The van der Waals surface area contributed by atoms with Crippen molar-refractivity contribution >= 4 is 21.8 Å². The van der Waals surface area contributed by atoms with Gasteiger partial charge in [-0.25, -0.2) is 0 Å². The molecule has 0 aliphatic rings. The van der Waals surface area contributed by atoms with Gasteiger partial charge in [-0.15, -0.1) is 0 Å². The van der Waals surface area contributed by atoms with Crippen LogP contribution in [0.4, 0.5) is 13.2 Å². The number of alkyl halides is 4. The number of halogens is 4. The molecule has 1 amide bonds. The summed E-state index contributed by atoms with van der Waals surface area (Å²) in [7, 11) is 0. The highest BCUT2D eigenvalue weighted by molar-refractivity contribution is 9.10. The van der Waals surface area contributed by atoms with Crippen LogP contribution in [0.1, 0.15) is 27.2 Å². The molecule has 1 unspecified atom stereocenters. The van der Waals surface area contributed by atoms with Gasteiger partial charge in [0.1, 0.15) is 6.54 Å². The molecule has 0 saturated carbocycles. The second-order valence-electron chi connectivity index (χ2n) is 4.02. The van der Waals surface area contributed by atoms with E-state index in [1.807, 2.05) is 0 Å². The summed E-state index contributed by atoms with van der Waals surface area (Å²) in [6.45, 7) is 4.28. The molecule has 96 valence electrons.